The summed E-state index contributed by atoms with van der Waals surface area (Å²) in [5, 5.41) is 18.6. The Kier molecular flexibility index (Phi) is 19.4. The number of carbonyl (C=O) groups excluding carboxylic acids is 2. The number of hydrogen-bond donors (Lipinski definition) is 4. The lowest BCUT2D eigenvalue weighted by atomic mass is 10.1. The Bertz CT molecular complexity index is 1300. The number of anilines is 1. The van der Waals surface area contributed by atoms with E-state index >= 15 is 0 Å². The second kappa shape index (κ2) is 23.2. The number of allylic oxidation sites excluding steroid dienone is 1. The molecule has 0 heterocycles. The average Bonchev–Trinajstić information content (AvgIpc) is 3.08. The van der Waals surface area contributed by atoms with Gasteiger partial charge in [0.25, 0.3) is 0 Å². The SMILES string of the molecule is Cc1c(F)c(F)c(F)c(OC(=O)CCOCCOCCOCCOCCN/C=C(/CCCCCC(=O)Nc2ccc(O)cc2)N=N)c1F. The first-order valence-electron chi connectivity index (χ1n) is 15.4. The van der Waals surface area contributed by atoms with Gasteiger partial charge in [-0.2, -0.15) is 9.50 Å². The zero-order chi connectivity index (χ0) is 35.1. The fraction of sp³-hybridized carbons (Fsp3) is 0.500. The second-order valence-corrected chi connectivity index (χ2v) is 10.2. The van der Waals surface area contributed by atoms with Crippen LogP contribution in [0.2, 0.25) is 0 Å². The fourth-order valence-corrected chi connectivity index (χ4v) is 3.91. The first kappa shape index (κ1) is 40.1. The van der Waals surface area contributed by atoms with E-state index in [0.29, 0.717) is 63.6 Å². The van der Waals surface area contributed by atoms with Gasteiger partial charge in [0.15, 0.2) is 17.5 Å². The van der Waals surface area contributed by atoms with Gasteiger partial charge in [0, 0.05) is 30.4 Å². The molecule has 266 valence electrons. The van der Waals surface area contributed by atoms with Crippen molar-refractivity contribution >= 4 is 17.6 Å². The maximum Gasteiger partial charge on any atom is 0.313 e. The van der Waals surface area contributed by atoms with E-state index in [2.05, 4.69) is 20.5 Å². The van der Waals surface area contributed by atoms with Crippen LogP contribution >= 0.6 is 0 Å². The highest BCUT2D eigenvalue weighted by Crippen LogP contribution is 2.29. The molecule has 0 spiro atoms. The predicted octanol–water partition coefficient (Wildman–Crippen LogP) is 5.67. The third-order valence-electron chi connectivity index (χ3n) is 6.52. The summed E-state index contributed by atoms with van der Waals surface area (Å²) < 4.78 is 80.3. The number of carbonyl (C=O) groups is 2. The van der Waals surface area contributed by atoms with Crippen LogP contribution in [-0.2, 0) is 28.5 Å². The number of unbranched alkanes of at least 4 members (excludes halogenated alkanes) is 2. The van der Waals surface area contributed by atoms with Crippen molar-refractivity contribution in [2.45, 2.75) is 45.4 Å². The second-order valence-electron chi connectivity index (χ2n) is 10.2. The maximum absolute atomic E-state index is 13.9. The molecular weight excluding hydrogens is 644 g/mol. The number of nitrogens with zero attached hydrogens (tertiary/aromatic N) is 1. The van der Waals surface area contributed by atoms with Crippen molar-refractivity contribution in [1.82, 2.24) is 5.32 Å². The Balaban J connectivity index is 1.37. The molecule has 0 saturated carbocycles. The van der Waals surface area contributed by atoms with Crippen molar-refractivity contribution in [2.75, 3.05) is 64.7 Å². The lowest BCUT2D eigenvalue weighted by Crippen LogP contribution is -2.17. The molecule has 4 N–H and O–H groups in total. The molecule has 0 aromatic heterocycles. The highest BCUT2D eigenvalue weighted by atomic mass is 19.2. The molecule has 0 saturated heterocycles. The number of phenols is 1. The molecule has 0 aliphatic heterocycles. The molecular formula is C32H42F4N4O8. The quantitative estimate of drug-likeness (QED) is 0.0151. The smallest absolute Gasteiger partial charge is 0.313 e. The van der Waals surface area contributed by atoms with Crippen LogP contribution in [0.3, 0.4) is 0 Å². The molecule has 0 aliphatic rings. The van der Waals surface area contributed by atoms with E-state index in [4.69, 9.17) is 24.5 Å². The van der Waals surface area contributed by atoms with Crippen molar-refractivity contribution in [3.8, 4) is 11.5 Å². The molecule has 2 rings (SSSR count). The van der Waals surface area contributed by atoms with Gasteiger partial charge in [0.1, 0.15) is 5.75 Å². The number of halogens is 4. The van der Waals surface area contributed by atoms with Crippen LogP contribution in [0.1, 0.15) is 44.1 Å². The molecule has 2 aromatic rings. The number of phenolic OH excluding ortho intramolecular Hbond substituents is 1. The minimum absolute atomic E-state index is 0.0930. The highest BCUT2D eigenvalue weighted by Gasteiger charge is 2.26. The van der Waals surface area contributed by atoms with Crippen LogP contribution in [0.5, 0.6) is 11.5 Å². The maximum atomic E-state index is 13.9. The van der Waals surface area contributed by atoms with Gasteiger partial charge in [0.05, 0.1) is 65.0 Å². The monoisotopic (exact) mass is 686 g/mol. The van der Waals surface area contributed by atoms with Gasteiger partial charge in [-0.25, -0.2) is 18.7 Å². The van der Waals surface area contributed by atoms with E-state index in [1.54, 1.807) is 18.3 Å². The first-order valence-corrected chi connectivity index (χ1v) is 15.4. The summed E-state index contributed by atoms with van der Waals surface area (Å²) in [6.07, 6.45) is 4.61. The molecule has 0 fully saturated rings. The molecule has 0 bridgehead atoms. The lowest BCUT2D eigenvalue weighted by Gasteiger charge is -2.10. The molecule has 1 amide bonds. The summed E-state index contributed by atoms with van der Waals surface area (Å²) in [5.74, 6) is -9.35. The Morgan fingerprint density at radius 1 is 0.771 bits per heavy atom. The third kappa shape index (κ3) is 15.6. The van der Waals surface area contributed by atoms with Crippen LogP contribution < -0.4 is 15.4 Å². The number of hydrogen-bond acceptors (Lipinski definition) is 11. The standard InChI is InChI=1S/C32H42F4N4O8/c1-22-28(33)30(35)31(36)32(29(22)34)48-27(43)11-13-44-15-17-46-19-20-47-18-16-45-14-12-38-21-24(40-37)5-3-2-4-6-26(42)39-23-7-9-25(41)10-8-23/h7-10,21,37-38,41H,2-6,11-20H2,1H3,(H,39,42)/b24-21-,40-37?. The van der Waals surface area contributed by atoms with Crippen LogP contribution in [-0.4, -0.2) is 76.4 Å². The number of rotatable bonds is 25. The Morgan fingerprint density at radius 2 is 1.35 bits per heavy atom. The Hall–Kier alpha value is -4.12. The molecule has 12 nitrogen and oxygen atoms in total. The number of nitrogens with one attached hydrogen (secondary N) is 3. The van der Waals surface area contributed by atoms with Crippen LogP contribution in [0, 0.1) is 35.7 Å². The fourth-order valence-electron chi connectivity index (χ4n) is 3.91. The average molecular weight is 687 g/mol. The third-order valence-corrected chi connectivity index (χ3v) is 6.52. The van der Waals surface area contributed by atoms with E-state index in [1.165, 1.54) is 12.1 Å². The van der Waals surface area contributed by atoms with Crippen molar-refractivity contribution in [2.24, 2.45) is 5.11 Å². The lowest BCUT2D eigenvalue weighted by molar-refractivity contribution is -0.136. The number of aromatic hydroxyl groups is 1. The zero-order valence-electron chi connectivity index (χ0n) is 26.8. The van der Waals surface area contributed by atoms with Crippen LogP contribution in [0.4, 0.5) is 23.2 Å². The molecule has 0 unspecified atom stereocenters. The van der Waals surface area contributed by atoms with E-state index in [9.17, 15) is 32.3 Å². The van der Waals surface area contributed by atoms with Crippen molar-refractivity contribution < 1.29 is 55.9 Å². The number of ether oxygens (including phenoxy) is 5. The molecule has 0 atom stereocenters. The summed E-state index contributed by atoms with van der Waals surface area (Å²) >= 11 is 0. The summed E-state index contributed by atoms with van der Waals surface area (Å²) in [6.45, 7) is 3.36. The number of amides is 1. The normalized spacial score (nSPS) is 11.4. The highest BCUT2D eigenvalue weighted by molar-refractivity contribution is 5.90. The Labute approximate surface area is 276 Å². The summed E-state index contributed by atoms with van der Waals surface area (Å²) in [7, 11) is 0. The molecule has 0 aliphatic carbocycles. The minimum atomic E-state index is -1.93. The van der Waals surface area contributed by atoms with Gasteiger partial charge in [-0.15, -0.1) is 0 Å². The molecule has 0 radical (unpaired) electrons. The van der Waals surface area contributed by atoms with Gasteiger partial charge in [-0.1, -0.05) is 6.42 Å². The zero-order valence-corrected chi connectivity index (χ0v) is 26.8. The Morgan fingerprint density at radius 3 is 1.98 bits per heavy atom. The van der Waals surface area contributed by atoms with E-state index in [1.807, 2.05) is 0 Å². The van der Waals surface area contributed by atoms with Crippen molar-refractivity contribution in [3.05, 3.63) is 65.0 Å². The van der Waals surface area contributed by atoms with Gasteiger partial charge < -0.3 is 39.4 Å². The van der Waals surface area contributed by atoms with E-state index < -0.39 is 40.6 Å². The van der Waals surface area contributed by atoms with Gasteiger partial charge in [0.2, 0.25) is 17.5 Å². The first-order chi connectivity index (χ1) is 23.1. The molecule has 2 aromatic carbocycles. The molecule has 48 heavy (non-hydrogen) atoms. The summed E-state index contributed by atoms with van der Waals surface area (Å²) in [4.78, 5) is 23.8. The van der Waals surface area contributed by atoms with E-state index in [-0.39, 0.29) is 44.5 Å². The number of esters is 1. The minimum Gasteiger partial charge on any atom is -0.508 e. The van der Waals surface area contributed by atoms with Crippen LogP contribution in [0.25, 0.3) is 0 Å². The predicted molar refractivity (Wildman–Crippen MR) is 166 cm³/mol. The van der Waals surface area contributed by atoms with Gasteiger partial charge in [-0.3, -0.25) is 9.59 Å². The van der Waals surface area contributed by atoms with Crippen LogP contribution in [0.15, 0.2) is 41.3 Å². The van der Waals surface area contributed by atoms with E-state index in [0.717, 1.165) is 19.8 Å². The van der Waals surface area contributed by atoms with Crippen molar-refractivity contribution in [1.29, 1.82) is 5.53 Å². The van der Waals surface area contributed by atoms with Crippen molar-refractivity contribution in [3.63, 3.8) is 0 Å². The number of benzene rings is 2. The molecule has 16 heteroatoms. The topological polar surface area (TPSA) is 161 Å². The summed E-state index contributed by atoms with van der Waals surface area (Å²) in [6, 6.07) is 6.28. The summed E-state index contributed by atoms with van der Waals surface area (Å²) in [5.41, 5.74) is 7.75. The largest absolute Gasteiger partial charge is 0.508 e. The van der Waals surface area contributed by atoms with Gasteiger partial charge in [-0.05, 0) is 50.5 Å². The van der Waals surface area contributed by atoms with Gasteiger partial charge >= 0.3 is 5.97 Å².